The normalized spacial score (nSPS) is 21.8. The van der Waals surface area contributed by atoms with Crippen molar-refractivity contribution in [3.05, 3.63) is 83.2 Å². The Balaban J connectivity index is 1.18. The Bertz CT molecular complexity index is 1690. The molecule has 6 rings (SSSR count). The van der Waals surface area contributed by atoms with Gasteiger partial charge in [0, 0.05) is 44.9 Å². The first-order valence-corrected chi connectivity index (χ1v) is 15.1. The van der Waals surface area contributed by atoms with Crippen LogP contribution in [0.5, 0.6) is 5.75 Å². The van der Waals surface area contributed by atoms with E-state index in [0.29, 0.717) is 25.8 Å². The van der Waals surface area contributed by atoms with Crippen LogP contribution >= 0.6 is 0 Å². The molecule has 4 heterocycles. The molecule has 2 aliphatic heterocycles. The van der Waals surface area contributed by atoms with Crippen LogP contribution in [0.2, 0.25) is 0 Å². The summed E-state index contributed by atoms with van der Waals surface area (Å²) in [6.45, 7) is 0.619. The quantitative estimate of drug-likeness (QED) is 0.294. The summed E-state index contributed by atoms with van der Waals surface area (Å²) < 4.78 is 48.1. The fourth-order valence-corrected chi connectivity index (χ4v) is 6.74. The van der Waals surface area contributed by atoms with Gasteiger partial charge in [-0.15, -0.1) is 5.10 Å². The van der Waals surface area contributed by atoms with E-state index < -0.39 is 29.7 Å². The fraction of sp³-hybridized carbons (Fsp3) is 0.424. The lowest BCUT2D eigenvalue weighted by atomic mass is 9.93. The van der Waals surface area contributed by atoms with Crippen molar-refractivity contribution >= 4 is 22.7 Å². The second-order valence-electron chi connectivity index (χ2n) is 12.0. The van der Waals surface area contributed by atoms with Crippen molar-refractivity contribution in [3.8, 4) is 5.75 Å². The minimum atomic E-state index is -4.51. The average Bonchev–Trinajstić information content (AvgIpc) is 3.79. The predicted octanol–water partition coefficient (Wildman–Crippen LogP) is 4.50. The smallest absolute Gasteiger partial charge is 0.416 e. The molecule has 0 bridgehead atoms. The molecule has 0 saturated carbocycles. The molecule has 4 aromatic rings. The number of pyridine rings is 1. The summed E-state index contributed by atoms with van der Waals surface area (Å²) in [6, 6.07) is 13.2. The van der Waals surface area contributed by atoms with E-state index in [9.17, 15) is 22.8 Å². The van der Waals surface area contributed by atoms with Gasteiger partial charge in [0.25, 0.3) is 0 Å². The molecule has 12 heteroatoms. The third-order valence-electron chi connectivity index (χ3n) is 9.09. The number of rotatable bonds is 9. The van der Waals surface area contributed by atoms with E-state index in [2.05, 4.69) is 20.6 Å². The molecule has 1 N–H and O–H groups in total. The van der Waals surface area contributed by atoms with Crippen LogP contribution in [0.1, 0.15) is 47.4 Å². The minimum absolute atomic E-state index is 0.0269. The van der Waals surface area contributed by atoms with Crippen LogP contribution in [0.15, 0.2) is 60.9 Å². The standard InChI is InChI=1S/C33H35F3N6O3/c1-41-29-9-5-21(14-27(29)39-40-41)6-10-31(43)30-15-22(13-20-3-7-24(45-2)8-4-20)19-42(30)32(44)28-16-23(17-38-28)25-18-37-12-11-26(25)33(34,35)36/h3-5,7-9,11-12,14,18,22-23,28,30,38H,6,10,13,15-17,19H2,1-2H3/t22-,23?,28-,30+/m1/s1. The van der Waals surface area contributed by atoms with Crippen LogP contribution < -0.4 is 10.1 Å². The Hall–Kier alpha value is -4.32. The van der Waals surface area contributed by atoms with Gasteiger partial charge in [-0.05, 0) is 78.6 Å². The predicted molar refractivity (Wildman–Crippen MR) is 161 cm³/mol. The molecule has 4 atom stereocenters. The number of aryl methyl sites for hydroxylation is 2. The van der Waals surface area contributed by atoms with Gasteiger partial charge in [-0.25, -0.2) is 4.68 Å². The number of methoxy groups -OCH3 is 1. The van der Waals surface area contributed by atoms with E-state index in [1.54, 1.807) is 16.7 Å². The maximum atomic E-state index is 14.0. The van der Waals surface area contributed by atoms with E-state index in [1.807, 2.05) is 49.5 Å². The third kappa shape index (κ3) is 6.56. The Morgan fingerprint density at radius 2 is 1.84 bits per heavy atom. The number of nitrogens with one attached hydrogen (secondary N) is 1. The second-order valence-corrected chi connectivity index (χ2v) is 12.0. The molecule has 45 heavy (non-hydrogen) atoms. The first kappa shape index (κ1) is 30.7. The maximum absolute atomic E-state index is 14.0. The summed E-state index contributed by atoms with van der Waals surface area (Å²) in [5.41, 5.74) is 3.04. The number of hydrogen-bond donors (Lipinski definition) is 1. The highest BCUT2D eigenvalue weighted by molar-refractivity contribution is 5.92. The summed E-state index contributed by atoms with van der Waals surface area (Å²) in [7, 11) is 3.43. The molecule has 0 radical (unpaired) electrons. The number of benzene rings is 2. The lowest BCUT2D eigenvalue weighted by molar-refractivity contribution is -0.139. The van der Waals surface area contributed by atoms with E-state index in [1.165, 1.54) is 6.20 Å². The van der Waals surface area contributed by atoms with Gasteiger partial charge in [0.1, 0.15) is 11.3 Å². The number of aromatic nitrogens is 4. The van der Waals surface area contributed by atoms with Crippen LogP contribution in [0.4, 0.5) is 13.2 Å². The molecule has 236 valence electrons. The Morgan fingerprint density at radius 1 is 1.07 bits per heavy atom. The van der Waals surface area contributed by atoms with E-state index in [-0.39, 0.29) is 42.6 Å². The molecule has 0 spiro atoms. The monoisotopic (exact) mass is 620 g/mol. The highest BCUT2D eigenvalue weighted by atomic mass is 19.4. The molecule has 9 nitrogen and oxygen atoms in total. The SMILES string of the molecule is COc1ccc(C[C@@H]2C[C@@H](C(=O)CCc3ccc4c(c3)nnn4C)N(C(=O)[C@H]3CC(c4cnccc4C(F)(F)F)CN3)C2)cc1. The Labute approximate surface area is 258 Å². The van der Waals surface area contributed by atoms with Gasteiger partial charge < -0.3 is 15.0 Å². The van der Waals surface area contributed by atoms with Gasteiger partial charge in [-0.1, -0.05) is 23.4 Å². The van der Waals surface area contributed by atoms with Gasteiger partial charge in [0.05, 0.1) is 30.3 Å². The number of halogens is 3. The second kappa shape index (κ2) is 12.6. The molecule has 2 aromatic carbocycles. The number of carbonyl (C=O) groups is 2. The summed E-state index contributed by atoms with van der Waals surface area (Å²) in [5, 5.41) is 11.4. The Morgan fingerprint density at radius 3 is 2.60 bits per heavy atom. The lowest BCUT2D eigenvalue weighted by Gasteiger charge is -2.27. The van der Waals surface area contributed by atoms with E-state index in [0.717, 1.165) is 40.2 Å². The number of nitrogens with zero attached hydrogens (tertiary/aromatic N) is 5. The summed E-state index contributed by atoms with van der Waals surface area (Å²) in [4.78, 5) is 33.3. The largest absolute Gasteiger partial charge is 0.497 e. The van der Waals surface area contributed by atoms with E-state index in [4.69, 9.17) is 4.74 Å². The van der Waals surface area contributed by atoms with Crippen molar-refractivity contribution in [3.63, 3.8) is 0 Å². The average molecular weight is 621 g/mol. The number of hydrogen-bond acceptors (Lipinski definition) is 7. The third-order valence-corrected chi connectivity index (χ3v) is 9.09. The summed E-state index contributed by atoms with van der Waals surface area (Å²) >= 11 is 0. The number of ketones is 1. The Kier molecular flexibility index (Phi) is 8.59. The number of likely N-dealkylation sites (tertiary alicyclic amines) is 1. The van der Waals surface area contributed by atoms with Gasteiger partial charge >= 0.3 is 6.18 Å². The molecule has 1 amide bonds. The maximum Gasteiger partial charge on any atom is 0.416 e. The van der Waals surface area contributed by atoms with Crippen LogP contribution in [0.25, 0.3) is 11.0 Å². The molecular formula is C33H35F3N6O3. The van der Waals surface area contributed by atoms with Crippen LogP contribution in [0.3, 0.4) is 0 Å². The molecule has 1 unspecified atom stereocenters. The molecule has 2 aromatic heterocycles. The number of ether oxygens (including phenoxy) is 1. The molecule has 2 fully saturated rings. The van der Waals surface area contributed by atoms with Gasteiger partial charge in [0.2, 0.25) is 5.91 Å². The van der Waals surface area contributed by atoms with Crippen LogP contribution in [-0.2, 0) is 35.7 Å². The molecular weight excluding hydrogens is 585 g/mol. The number of carbonyl (C=O) groups excluding carboxylic acids is 2. The zero-order chi connectivity index (χ0) is 31.7. The number of fused-ring (bicyclic) bond motifs is 1. The van der Waals surface area contributed by atoms with E-state index >= 15 is 0 Å². The van der Waals surface area contributed by atoms with Gasteiger partial charge in [-0.3, -0.25) is 14.6 Å². The first-order valence-electron chi connectivity index (χ1n) is 15.1. The lowest BCUT2D eigenvalue weighted by Crippen LogP contribution is -2.48. The number of Topliss-reactive ketones (excluding diaryl/α,β-unsaturated/α-hetero) is 1. The van der Waals surface area contributed by atoms with Crippen molar-refractivity contribution < 1.29 is 27.5 Å². The number of alkyl halides is 3. The van der Waals surface area contributed by atoms with Crippen molar-refractivity contribution in [2.45, 2.75) is 56.3 Å². The van der Waals surface area contributed by atoms with Crippen LogP contribution in [-0.4, -0.2) is 68.9 Å². The van der Waals surface area contributed by atoms with Crippen molar-refractivity contribution in [1.29, 1.82) is 0 Å². The zero-order valence-electron chi connectivity index (χ0n) is 25.1. The number of amides is 1. The fourth-order valence-electron chi connectivity index (χ4n) is 6.74. The summed E-state index contributed by atoms with van der Waals surface area (Å²) in [6.07, 6.45) is 0.0206. The highest BCUT2D eigenvalue weighted by Gasteiger charge is 2.44. The van der Waals surface area contributed by atoms with Gasteiger partial charge in [-0.2, -0.15) is 13.2 Å². The summed E-state index contributed by atoms with van der Waals surface area (Å²) in [5.74, 6) is 0.0121. The highest BCUT2D eigenvalue weighted by Crippen LogP contribution is 2.38. The zero-order valence-corrected chi connectivity index (χ0v) is 25.1. The van der Waals surface area contributed by atoms with Crippen LogP contribution in [0, 0.1) is 5.92 Å². The molecule has 0 aliphatic carbocycles. The van der Waals surface area contributed by atoms with Crippen molar-refractivity contribution in [1.82, 2.24) is 30.2 Å². The van der Waals surface area contributed by atoms with Gasteiger partial charge in [0.15, 0.2) is 5.78 Å². The molecule has 2 aliphatic rings. The van der Waals surface area contributed by atoms with Crippen molar-refractivity contribution in [2.75, 3.05) is 20.2 Å². The first-order chi connectivity index (χ1) is 21.6. The molecule has 2 saturated heterocycles. The van der Waals surface area contributed by atoms with Crippen molar-refractivity contribution in [2.24, 2.45) is 13.0 Å². The topological polar surface area (TPSA) is 102 Å². The minimum Gasteiger partial charge on any atom is -0.497 e.